The first-order valence-electron chi connectivity index (χ1n) is 7.79. The molecule has 27 heavy (non-hydrogen) atoms. The van der Waals surface area contributed by atoms with Crippen molar-refractivity contribution in [2.45, 2.75) is 4.90 Å². The lowest BCUT2D eigenvalue weighted by Gasteiger charge is -2.10. The van der Waals surface area contributed by atoms with Crippen molar-refractivity contribution in [2.24, 2.45) is 0 Å². The van der Waals surface area contributed by atoms with Gasteiger partial charge in [-0.05, 0) is 60.7 Å². The van der Waals surface area contributed by atoms with Crippen LogP contribution >= 0.6 is 0 Å². The van der Waals surface area contributed by atoms with Gasteiger partial charge in [-0.15, -0.1) is 0 Å². The molecule has 1 amide bonds. The van der Waals surface area contributed by atoms with Gasteiger partial charge in [0, 0.05) is 11.3 Å². The van der Waals surface area contributed by atoms with E-state index in [4.69, 9.17) is 0 Å². The van der Waals surface area contributed by atoms with E-state index in [9.17, 15) is 22.0 Å². The molecule has 0 aliphatic carbocycles. The van der Waals surface area contributed by atoms with Crippen molar-refractivity contribution in [1.29, 1.82) is 0 Å². The average Bonchev–Trinajstić information content (AvgIpc) is 2.65. The van der Waals surface area contributed by atoms with Crippen LogP contribution < -0.4 is 10.0 Å². The van der Waals surface area contributed by atoms with Gasteiger partial charge >= 0.3 is 0 Å². The predicted octanol–water partition coefficient (Wildman–Crippen LogP) is 4.02. The lowest BCUT2D eigenvalue weighted by Crippen LogP contribution is -2.15. The number of amides is 1. The Balaban J connectivity index is 1.75. The van der Waals surface area contributed by atoms with Crippen molar-refractivity contribution in [2.75, 3.05) is 10.0 Å². The maximum absolute atomic E-state index is 13.6. The van der Waals surface area contributed by atoms with E-state index >= 15 is 0 Å². The zero-order valence-corrected chi connectivity index (χ0v) is 14.6. The minimum absolute atomic E-state index is 0.121. The number of carbonyl (C=O) groups excluding carboxylic acids is 1. The van der Waals surface area contributed by atoms with Crippen molar-refractivity contribution < 1.29 is 22.0 Å². The zero-order chi connectivity index (χ0) is 19.4. The molecule has 0 unspecified atom stereocenters. The van der Waals surface area contributed by atoms with Gasteiger partial charge in [0.25, 0.3) is 15.9 Å². The van der Waals surface area contributed by atoms with Crippen LogP contribution in [0, 0.1) is 11.6 Å². The van der Waals surface area contributed by atoms with Gasteiger partial charge in [-0.2, -0.15) is 0 Å². The highest BCUT2D eigenvalue weighted by Gasteiger charge is 2.17. The molecule has 0 bridgehead atoms. The number of hydrogen-bond donors (Lipinski definition) is 2. The predicted molar refractivity (Wildman–Crippen MR) is 98.0 cm³/mol. The molecule has 0 saturated heterocycles. The van der Waals surface area contributed by atoms with Crippen molar-refractivity contribution in [3.63, 3.8) is 0 Å². The molecule has 3 aromatic rings. The number of rotatable bonds is 5. The molecular weight excluding hydrogens is 374 g/mol. The Morgan fingerprint density at radius 1 is 0.815 bits per heavy atom. The summed E-state index contributed by atoms with van der Waals surface area (Å²) in [5, 5.41) is 2.57. The highest BCUT2D eigenvalue weighted by Crippen LogP contribution is 2.19. The number of para-hydroxylation sites is 1. The molecule has 0 aromatic heterocycles. The summed E-state index contributed by atoms with van der Waals surface area (Å²) in [5.41, 5.74) is 0.444. The van der Waals surface area contributed by atoms with E-state index in [1.54, 1.807) is 0 Å². The molecule has 8 heteroatoms. The van der Waals surface area contributed by atoms with Crippen LogP contribution in [0.3, 0.4) is 0 Å². The highest BCUT2D eigenvalue weighted by atomic mass is 32.2. The average molecular weight is 388 g/mol. The molecule has 2 N–H and O–H groups in total. The minimum Gasteiger partial charge on any atom is -0.322 e. The maximum Gasteiger partial charge on any atom is 0.261 e. The van der Waals surface area contributed by atoms with E-state index in [0.29, 0.717) is 5.69 Å². The summed E-state index contributed by atoms with van der Waals surface area (Å²) in [6.45, 7) is 0. The van der Waals surface area contributed by atoms with Gasteiger partial charge in [0.1, 0.15) is 11.6 Å². The third-order valence-corrected chi connectivity index (χ3v) is 5.03. The number of hydrogen-bond acceptors (Lipinski definition) is 3. The van der Waals surface area contributed by atoms with Crippen molar-refractivity contribution in [1.82, 2.24) is 0 Å². The van der Waals surface area contributed by atoms with Gasteiger partial charge in [0.2, 0.25) is 0 Å². The highest BCUT2D eigenvalue weighted by molar-refractivity contribution is 7.92. The van der Waals surface area contributed by atoms with Crippen molar-refractivity contribution in [3.05, 3.63) is 90.0 Å². The molecule has 0 saturated carbocycles. The largest absolute Gasteiger partial charge is 0.322 e. The van der Waals surface area contributed by atoms with Crippen LogP contribution in [0.2, 0.25) is 0 Å². The lowest BCUT2D eigenvalue weighted by molar-refractivity contribution is 0.102. The molecule has 5 nitrogen and oxygen atoms in total. The fourth-order valence-corrected chi connectivity index (χ4v) is 3.34. The van der Waals surface area contributed by atoms with Crippen LogP contribution in [0.1, 0.15) is 10.4 Å². The Bertz CT molecular complexity index is 1070. The summed E-state index contributed by atoms with van der Waals surface area (Å²) in [6.07, 6.45) is 0. The lowest BCUT2D eigenvalue weighted by atomic mass is 10.2. The molecule has 3 aromatic carbocycles. The van der Waals surface area contributed by atoms with Gasteiger partial charge in [-0.25, -0.2) is 17.2 Å². The van der Waals surface area contributed by atoms with Gasteiger partial charge < -0.3 is 5.32 Å². The SMILES string of the molecule is O=C(Nc1ccc(F)cc1)c1ccc(S(=O)(=O)Nc2ccccc2F)cc1. The van der Waals surface area contributed by atoms with Crippen LogP contribution in [0.25, 0.3) is 0 Å². The van der Waals surface area contributed by atoms with Crippen LogP contribution in [-0.4, -0.2) is 14.3 Å². The molecule has 0 aliphatic heterocycles. The second kappa shape index (κ2) is 7.55. The third-order valence-electron chi connectivity index (χ3n) is 3.65. The molecule has 138 valence electrons. The Hall–Kier alpha value is -3.26. The van der Waals surface area contributed by atoms with Gasteiger partial charge in [-0.1, -0.05) is 12.1 Å². The van der Waals surface area contributed by atoms with Gasteiger partial charge in [0.05, 0.1) is 10.6 Å². The summed E-state index contributed by atoms with van der Waals surface area (Å²) < 4.78 is 53.4. The first kappa shape index (κ1) is 18.5. The van der Waals surface area contributed by atoms with E-state index < -0.39 is 27.6 Å². The summed E-state index contributed by atoms with van der Waals surface area (Å²) in [7, 11) is -4.01. The Kier molecular flexibility index (Phi) is 5.18. The van der Waals surface area contributed by atoms with Crippen molar-refractivity contribution >= 4 is 27.3 Å². The van der Waals surface area contributed by atoms with E-state index in [0.717, 1.165) is 6.07 Å². The molecule has 0 radical (unpaired) electrons. The Morgan fingerprint density at radius 3 is 2.07 bits per heavy atom. The summed E-state index contributed by atoms with van der Waals surface area (Å²) in [5.74, 6) is -1.60. The normalized spacial score (nSPS) is 11.0. The maximum atomic E-state index is 13.6. The van der Waals surface area contributed by atoms with Crippen molar-refractivity contribution in [3.8, 4) is 0 Å². The third kappa shape index (κ3) is 4.48. The number of sulfonamides is 1. The molecule has 0 fully saturated rings. The summed E-state index contributed by atoms with van der Waals surface area (Å²) >= 11 is 0. The second-order valence-corrected chi connectivity index (χ2v) is 7.25. The summed E-state index contributed by atoms with van der Waals surface area (Å²) in [4.78, 5) is 12.1. The summed E-state index contributed by atoms with van der Waals surface area (Å²) in [6, 6.07) is 15.8. The Morgan fingerprint density at radius 2 is 1.44 bits per heavy atom. The first-order valence-corrected chi connectivity index (χ1v) is 9.28. The number of carbonyl (C=O) groups is 1. The molecule has 0 atom stereocenters. The smallest absolute Gasteiger partial charge is 0.261 e. The Labute approximate surface area is 154 Å². The number of benzene rings is 3. The standard InChI is InChI=1S/C19H14F2N2O3S/c20-14-7-9-15(10-8-14)22-19(24)13-5-11-16(12-6-13)27(25,26)23-18-4-2-1-3-17(18)21/h1-12,23H,(H,22,24). The van der Waals surface area contributed by atoms with E-state index in [1.165, 1.54) is 66.7 Å². The molecule has 3 rings (SSSR count). The fraction of sp³-hybridized carbons (Fsp3) is 0. The van der Waals surface area contributed by atoms with Crippen LogP contribution in [0.15, 0.2) is 77.7 Å². The zero-order valence-electron chi connectivity index (χ0n) is 13.8. The quantitative estimate of drug-likeness (QED) is 0.693. The monoisotopic (exact) mass is 388 g/mol. The molecule has 0 aliphatic rings. The second-order valence-electron chi connectivity index (χ2n) is 5.57. The topological polar surface area (TPSA) is 75.3 Å². The fourth-order valence-electron chi connectivity index (χ4n) is 2.27. The van der Waals surface area contributed by atoms with Crippen LogP contribution in [-0.2, 0) is 10.0 Å². The number of halogens is 2. The molecular formula is C19H14F2N2O3S. The van der Waals surface area contributed by atoms with Crippen LogP contribution in [0.4, 0.5) is 20.2 Å². The first-order chi connectivity index (χ1) is 12.8. The molecule has 0 spiro atoms. The van der Waals surface area contributed by atoms with Gasteiger partial charge in [-0.3, -0.25) is 9.52 Å². The van der Waals surface area contributed by atoms with E-state index in [2.05, 4.69) is 10.0 Å². The van der Waals surface area contributed by atoms with E-state index in [-0.39, 0.29) is 16.1 Å². The molecule has 0 heterocycles. The van der Waals surface area contributed by atoms with Gasteiger partial charge in [0.15, 0.2) is 0 Å². The van der Waals surface area contributed by atoms with E-state index in [1.807, 2.05) is 0 Å². The minimum atomic E-state index is -4.01. The number of nitrogens with one attached hydrogen (secondary N) is 2. The van der Waals surface area contributed by atoms with Crippen LogP contribution in [0.5, 0.6) is 0 Å². The number of anilines is 2.